The Hall–Kier alpha value is -1.34. The largest absolute Gasteiger partial charge is 0.468 e. The van der Waals surface area contributed by atoms with Crippen molar-refractivity contribution < 1.29 is 27.4 Å². The number of pyridine rings is 1. The Balaban J connectivity index is 0.00000420. The first kappa shape index (κ1) is 25.7. The SMILES string of the molecule is CCNC(=NCc1cccnc1OCC(F)(F)F)NCCCOC1CCOC1.I. The van der Waals surface area contributed by atoms with Crippen LogP contribution in [0.15, 0.2) is 23.3 Å². The van der Waals surface area contributed by atoms with Crippen LogP contribution in [-0.2, 0) is 16.0 Å². The van der Waals surface area contributed by atoms with E-state index in [1.54, 1.807) is 12.1 Å². The molecular weight excluding hydrogens is 504 g/mol. The lowest BCUT2D eigenvalue weighted by Gasteiger charge is -2.14. The van der Waals surface area contributed by atoms with Crippen LogP contribution in [0.1, 0.15) is 25.3 Å². The molecule has 0 saturated carbocycles. The molecule has 2 N–H and O–H groups in total. The Labute approximate surface area is 185 Å². The quantitative estimate of drug-likeness (QED) is 0.209. The van der Waals surface area contributed by atoms with Crippen molar-refractivity contribution in [2.24, 2.45) is 4.99 Å². The molecule has 0 bridgehead atoms. The van der Waals surface area contributed by atoms with Crippen molar-refractivity contribution in [2.45, 2.75) is 38.6 Å². The molecule has 7 nitrogen and oxygen atoms in total. The molecule has 1 unspecified atom stereocenters. The average Bonchev–Trinajstić information content (AvgIpc) is 3.17. The molecular formula is C18H28F3IN4O3. The summed E-state index contributed by atoms with van der Waals surface area (Å²) in [5, 5.41) is 6.28. The van der Waals surface area contributed by atoms with Gasteiger partial charge in [-0.15, -0.1) is 24.0 Å². The third-order valence-corrected chi connectivity index (χ3v) is 3.83. The standard InChI is InChI=1S/C18H27F3N4O3.HI/c1-2-22-17(24-8-4-9-27-15-6-10-26-12-15)25-11-14-5-3-7-23-16(14)28-13-18(19,20)21;/h3,5,7,15H,2,4,6,8-13H2,1H3,(H2,22,24,25);1H. The number of nitrogens with zero attached hydrogens (tertiary/aromatic N) is 2. The zero-order chi connectivity index (χ0) is 20.2. The van der Waals surface area contributed by atoms with Crippen molar-refractivity contribution in [3.05, 3.63) is 23.9 Å². The highest BCUT2D eigenvalue weighted by Crippen LogP contribution is 2.20. The molecule has 1 aromatic heterocycles. The Morgan fingerprint density at radius 2 is 2.21 bits per heavy atom. The summed E-state index contributed by atoms with van der Waals surface area (Å²) in [6.45, 7) is 4.04. The van der Waals surface area contributed by atoms with E-state index in [2.05, 4.69) is 20.6 Å². The molecule has 11 heteroatoms. The number of aliphatic imine (C=N–C) groups is 1. The van der Waals surface area contributed by atoms with Crippen LogP contribution in [0.5, 0.6) is 5.88 Å². The molecule has 1 aliphatic rings. The van der Waals surface area contributed by atoms with Crippen LogP contribution in [0.4, 0.5) is 13.2 Å². The zero-order valence-corrected chi connectivity index (χ0v) is 18.7. The first-order valence-corrected chi connectivity index (χ1v) is 9.33. The molecule has 0 spiro atoms. The number of alkyl halides is 3. The van der Waals surface area contributed by atoms with Gasteiger partial charge in [0, 0.05) is 38.1 Å². The number of halogens is 4. The molecule has 1 fully saturated rings. The fourth-order valence-corrected chi connectivity index (χ4v) is 2.50. The Morgan fingerprint density at radius 1 is 1.38 bits per heavy atom. The van der Waals surface area contributed by atoms with Crippen molar-refractivity contribution in [2.75, 3.05) is 39.5 Å². The van der Waals surface area contributed by atoms with E-state index in [1.807, 2.05) is 6.92 Å². The van der Waals surface area contributed by atoms with E-state index in [0.717, 1.165) is 19.4 Å². The van der Waals surface area contributed by atoms with Crippen molar-refractivity contribution in [1.29, 1.82) is 0 Å². The van der Waals surface area contributed by atoms with Gasteiger partial charge in [0.1, 0.15) is 0 Å². The minimum atomic E-state index is -4.42. The van der Waals surface area contributed by atoms with E-state index in [1.165, 1.54) is 6.20 Å². The van der Waals surface area contributed by atoms with Crippen LogP contribution < -0.4 is 15.4 Å². The molecule has 0 radical (unpaired) electrons. The van der Waals surface area contributed by atoms with Gasteiger partial charge in [-0.1, -0.05) is 6.07 Å². The topological polar surface area (TPSA) is 77.0 Å². The van der Waals surface area contributed by atoms with Crippen LogP contribution >= 0.6 is 24.0 Å². The van der Waals surface area contributed by atoms with Crippen LogP contribution in [-0.4, -0.2) is 62.7 Å². The molecule has 2 rings (SSSR count). The van der Waals surface area contributed by atoms with E-state index < -0.39 is 12.8 Å². The van der Waals surface area contributed by atoms with Gasteiger partial charge in [-0.05, 0) is 25.8 Å². The second kappa shape index (κ2) is 13.8. The lowest BCUT2D eigenvalue weighted by Crippen LogP contribution is -2.38. The number of guanidine groups is 1. The molecule has 29 heavy (non-hydrogen) atoms. The van der Waals surface area contributed by atoms with Crippen LogP contribution in [0.2, 0.25) is 0 Å². The lowest BCUT2D eigenvalue weighted by atomic mass is 10.3. The number of rotatable bonds is 10. The van der Waals surface area contributed by atoms with Gasteiger partial charge < -0.3 is 24.8 Å². The number of hydrogen-bond donors (Lipinski definition) is 2. The molecule has 166 valence electrons. The van der Waals surface area contributed by atoms with E-state index >= 15 is 0 Å². The zero-order valence-electron chi connectivity index (χ0n) is 16.3. The van der Waals surface area contributed by atoms with Crippen molar-refractivity contribution in [1.82, 2.24) is 15.6 Å². The normalized spacial score (nSPS) is 17.0. The molecule has 0 aliphatic carbocycles. The lowest BCUT2D eigenvalue weighted by molar-refractivity contribution is -0.154. The molecule has 1 atom stereocenters. The average molecular weight is 532 g/mol. The third-order valence-electron chi connectivity index (χ3n) is 3.83. The highest BCUT2D eigenvalue weighted by molar-refractivity contribution is 14.0. The number of ether oxygens (including phenoxy) is 3. The molecule has 1 saturated heterocycles. The van der Waals surface area contributed by atoms with Crippen LogP contribution in [0.3, 0.4) is 0 Å². The minimum Gasteiger partial charge on any atom is -0.468 e. The van der Waals surface area contributed by atoms with Crippen LogP contribution in [0, 0.1) is 0 Å². The van der Waals surface area contributed by atoms with E-state index in [9.17, 15) is 13.2 Å². The minimum absolute atomic E-state index is 0. The summed E-state index contributed by atoms with van der Waals surface area (Å²) in [5.74, 6) is 0.504. The van der Waals surface area contributed by atoms with E-state index in [0.29, 0.717) is 37.8 Å². The van der Waals surface area contributed by atoms with Crippen molar-refractivity contribution in [3.8, 4) is 5.88 Å². The smallest absolute Gasteiger partial charge is 0.422 e. The van der Waals surface area contributed by atoms with Gasteiger partial charge in [-0.25, -0.2) is 9.98 Å². The van der Waals surface area contributed by atoms with Gasteiger partial charge in [0.25, 0.3) is 0 Å². The fraction of sp³-hybridized carbons (Fsp3) is 0.667. The predicted octanol–water partition coefficient (Wildman–Crippen LogP) is 2.89. The van der Waals surface area contributed by atoms with E-state index in [4.69, 9.17) is 14.2 Å². The number of hydrogen-bond acceptors (Lipinski definition) is 5. The highest BCUT2D eigenvalue weighted by Gasteiger charge is 2.29. The summed E-state index contributed by atoms with van der Waals surface area (Å²) >= 11 is 0. The molecule has 1 aromatic rings. The predicted molar refractivity (Wildman–Crippen MR) is 114 cm³/mol. The Morgan fingerprint density at radius 3 is 2.90 bits per heavy atom. The summed E-state index contributed by atoms with van der Waals surface area (Å²) in [7, 11) is 0. The summed E-state index contributed by atoms with van der Waals surface area (Å²) < 4.78 is 52.9. The monoisotopic (exact) mass is 532 g/mol. The van der Waals surface area contributed by atoms with Gasteiger partial charge in [0.05, 0.1) is 19.3 Å². The van der Waals surface area contributed by atoms with Crippen molar-refractivity contribution in [3.63, 3.8) is 0 Å². The molecule has 0 amide bonds. The summed E-state index contributed by atoms with van der Waals surface area (Å²) in [6.07, 6.45) is -1.11. The first-order valence-electron chi connectivity index (χ1n) is 9.33. The van der Waals surface area contributed by atoms with E-state index in [-0.39, 0.29) is 42.5 Å². The summed E-state index contributed by atoms with van der Waals surface area (Å²) in [4.78, 5) is 8.27. The van der Waals surface area contributed by atoms with Crippen LogP contribution in [0.25, 0.3) is 0 Å². The summed E-state index contributed by atoms with van der Waals surface area (Å²) in [5.41, 5.74) is 0.480. The third kappa shape index (κ3) is 10.8. The van der Waals surface area contributed by atoms with Gasteiger partial charge in [0.2, 0.25) is 5.88 Å². The maximum Gasteiger partial charge on any atom is 0.422 e. The fourth-order valence-electron chi connectivity index (χ4n) is 2.50. The van der Waals surface area contributed by atoms with Gasteiger partial charge in [-0.3, -0.25) is 0 Å². The molecule has 2 heterocycles. The maximum absolute atomic E-state index is 12.4. The first-order chi connectivity index (χ1) is 13.5. The van der Waals surface area contributed by atoms with Gasteiger partial charge in [-0.2, -0.15) is 13.2 Å². The number of aromatic nitrogens is 1. The van der Waals surface area contributed by atoms with Crippen molar-refractivity contribution >= 4 is 29.9 Å². The highest BCUT2D eigenvalue weighted by atomic mass is 127. The second-order valence-electron chi connectivity index (χ2n) is 6.20. The number of nitrogens with one attached hydrogen (secondary N) is 2. The Bertz CT molecular complexity index is 614. The Kier molecular flexibility index (Phi) is 12.2. The molecule has 0 aromatic carbocycles. The van der Waals surface area contributed by atoms with Gasteiger partial charge >= 0.3 is 6.18 Å². The molecule has 1 aliphatic heterocycles. The second-order valence-corrected chi connectivity index (χ2v) is 6.20. The maximum atomic E-state index is 12.4. The summed E-state index contributed by atoms with van der Waals surface area (Å²) in [6, 6.07) is 3.28. The van der Waals surface area contributed by atoms with Gasteiger partial charge in [0.15, 0.2) is 12.6 Å².